The third-order valence-corrected chi connectivity index (χ3v) is 6.18. The molecule has 2 aromatic rings. The second-order valence-corrected chi connectivity index (χ2v) is 9.89. The lowest BCUT2D eigenvalue weighted by Crippen LogP contribution is -2.36. The number of aliphatic imine (C=N–C) groups is 1. The highest BCUT2D eigenvalue weighted by Gasteiger charge is 2.11. The fourth-order valence-corrected chi connectivity index (χ4v) is 4.21. The molecule has 8 nitrogen and oxygen atoms in total. The van der Waals surface area contributed by atoms with Crippen LogP contribution in [0.5, 0.6) is 0 Å². The molecule has 0 unspecified atom stereocenters. The quantitative estimate of drug-likeness (QED) is 0.283. The van der Waals surface area contributed by atoms with E-state index in [2.05, 4.69) is 15.6 Å². The van der Waals surface area contributed by atoms with E-state index >= 15 is 0 Å². The maximum Gasteiger partial charge on any atom is 0.238 e. The van der Waals surface area contributed by atoms with Crippen molar-refractivity contribution in [2.75, 3.05) is 13.3 Å². The topological polar surface area (TPSA) is 131 Å². The van der Waals surface area contributed by atoms with E-state index in [1.54, 1.807) is 38.2 Å². The number of nitrogens with zero attached hydrogens (tertiary/aromatic N) is 1. The van der Waals surface area contributed by atoms with E-state index in [4.69, 9.17) is 5.14 Å². The van der Waals surface area contributed by atoms with E-state index in [1.165, 1.54) is 18.4 Å². The number of nitrogens with one attached hydrogen (secondary N) is 2. The van der Waals surface area contributed by atoms with E-state index in [0.29, 0.717) is 29.5 Å². The minimum atomic E-state index is -3.75. The molecular weight excluding hydrogens is 527 g/mol. The maximum absolute atomic E-state index is 11.7. The molecule has 0 bridgehead atoms. The van der Waals surface area contributed by atoms with Crippen LogP contribution in [-0.4, -0.2) is 36.1 Å². The number of benzene rings is 2. The maximum atomic E-state index is 11.7. The molecule has 0 aromatic heterocycles. The van der Waals surface area contributed by atoms with E-state index in [1.807, 2.05) is 6.07 Å². The molecule has 0 saturated heterocycles. The molecule has 2 rings (SSSR count). The minimum absolute atomic E-state index is 0. The number of halogens is 1. The van der Waals surface area contributed by atoms with Gasteiger partial charge in [0.2, 0.25) is 10.0 Å². The van der Waals surface area contributed by atoms with Crippen molar-refractivity contribution in [2.24, 2.45) is 10.1 Å². The molecule has 0 atom stereocenters. The summed E-state index contributed by atoms with van der Waals surface area (Å²) in [5.41, 5.74) is 2.33. The minimum Gasteiger partial charge on any atom is -0.352 e. The average Bonchev–Trinajstić information content (AvgIpc) is 2.60. The Balaban J connectivity index is 0.00000420. The molecule has 11 heteroatoms. The summed E-state index contributed by atoms with van der Waals surface area (Å²) in [6.07, 6.45) is 1.18. The highest BCUT2D eigenvalue weighted by Crippen LogP contribution is 2.16. The van der Waals surface area contributed by atoms with Crippen LogP contribution in [0.25, 0.3) is 0 Å². The molecule has 0 fully saturated rings. The van der Waals surface area contributed by atoms with Crippen molar-refractivity contribution in [1.29, 1.82) is 0 Å². The zero-order chi connectivity index (χ0) is 20.9. The fourth-order valence-electron chi connectivity index (χ4n) is 2.66. The highest BCUT2D eigenvalue weighted by atomic mass is 127. The summed E-state index contributed by atoms with van der Waals surface area (Å²) in [4.78, 5) is 4.49. The zero-order valence-corrected chi connectivity index (χ0v) is 20.3. The number of sulfone groups is 1. The van der Waals surface area contributed by atoms with Crippen molar-refractivity contribution in [1.82, 2.24) is 10.6 Å². The summed E-state index contributed by atoms with van der Waals surface area (Å²) in [5.74, 6) is 0.519. The first kappa shape index (κ1) is 25.3. The van der Waals surface area contributed by atoms with Gasteiger partial charge in [0.25, 0.3) is 0 Å². The Kier molecular flexibility index (Phi) is 9.06. The predicted octanol–water partition coefficient (Wildman–Crippen LogP) is 1.53. The smallest absolute Gasteiger partial charge is 0.238 e. The molecule has 0 aliphatic rings. The molecule has 0 heterocycles. The van der Waals surface area contributed by atoms with Crippen LogP contribution in [0.3, 0.4) is 0 Å². The predicted molar refractivity (Wildman–Crippen MR) is 125 cm³/mol. The van der Waals surface area contributed by atoms with Gasteiger partial charge in [-0.25, -0.2) is 22.0 Å². The van der Waals surface area contributed by atoms with Crippen molar-refractivity contribution in [3.8, 4) is 0 Å². The lowest BCUT2D eigenvalue weighted by atomic mass is 10.1. The van der Waals surface area contributed by atoms with E-state index in [9.17, 15) is 16.8 Å². The lowest BCUT2D eigenvalue weighted by Gasteiger charge is -2.13. The molecule has 160 valence electrons. The number of guanidine groups is 1. The monoisotopic (exact) mass is 552 g/mol. The van der Waals surface area contributed by atoms with Crippen LogP contribution in [0.1, 0.15) is 16.7 Å². The van der Waals surface area contributed by atoms with Crippen LogP contribution in [0.4, 0.5) is 0 Å². The number of primary sulfonamides is 1. The van der Waals surface area contributed by atoms with Gasteiger partial charge in [0, 0.05) is 26.4 Å². The first-order valence-corrected chi connectivity index (χ1v) is 11.8. The molecule has 0 amide bonds. The molecule has 2 aromatic carbocycles. The molecule has 4 N–H and O–H groups in total. The van der Waals surface area contributed by atoms with Gasteiger partial charge in [-0.15, -0.1) is 24.0 Å². The number of hydrogen-bond donors (Lipinski definition) is 3. The molecule has 0 radical (unpaired) electrons. The highest BCUT2D eigenvalue weighted by molar-refractivity contribution is 14.0. The molecule has 0 saturated carbocycles. The van der Waals surface area contributed by atoms with Gasteiger partial charge in [-0.05, 0) is 41.8 Å². The van der Waals surface area contributed by atoms with E-state index in [0.717, 1.165) is 11.1 Å². The summed E-state index contributed by atoms with van der Waals surface area (Å²) in [6.45, 7) is 2.56. The molecule has 29 heavy (non-hydrogen) atoms. The fraction of sp³-hybridized carbons (Fsp3) is 0.278. The number of rotatable bonds is 6. The number of nitrogens with two attached hydrogens (primary N) is 1. The Labute approximate surface area is 189 Å². The molecule has 0 spiro atoms. The van der Waals surface area contributed by atoms with Gasteiger partial charge in [0.1, 0.15) is 0 Å². The second kappa shape index (κ2) is 10.4. The first-order valence-electron chi connectivity index (χ1n) is 8.36. The summed E-state index contributed by atoms with van der Waals surface area (Å²) >= 11 is 0. The summed E-state index contributed by atoms with van der Waals surface area (Å²) in [7, 11) is -5.38. The number of hydrogen-bond acceptors (Lipinski definition) is 5. The Morgan fingerprint density at radius 2 is 1.59 bits per heavy atom. The third-order valence-electron chi connectivity index (χ3n) is 4.01. The second-order valence-electron chi connectivity index (χ2n) is 6.34. The van der Waals surface area contributed by atoms with Crippen LogP contribution in [0.15, 0.2) is 57.2 Å². The third kappa shape index (κ3) is 7.57. The largest absolute Gasteiger partial charge is 0.352 e. The summed E-state index contributed by atoms with van der Waals surface area (Å²) in [6, 6.07) is 11.5. The van der Waals surface area contributed by atoms with Crippen molar-refractivity contribution >= 4 is 49.8 Å². The van der Waals surface area contributed by atoms with Crippen molar-refractivity contribution < 1.29 is 16.8 Å². The summed E-state index contributed by atoms with van der Waals surface area (Å²) < 4.78 is 46.3. The van der Waals surface area contributed by atoms with Gasteiger partial charge in [0.15, 0.2) is 15.8 Å². The van der Waals surface area contributed by atoms with Gasteiger partial charge in [-0.2, -0.15) is 0 Å². The molecule has 0 aliphatic heterocycles. The van der Waals surface area contributed by atoms with Crippen molar-refractivity contribution in [3.63, 3.8) is 0 Å². The van der Waals surface area contributed by atoms with Crippen LogP contribution in [-0.2, 0) is 33.0 Å². The van der Waals surface area contributed by atoms with Crippen LogP contribution in [0.2, 0.25) is 0 Å². The zero-order valence-electron chi connectivity index (χ0n) is 16.3. The van der Waals surface area contributed by atoms with Crippen LogP contribution in [0, 0.1) is 6.92 Å². The van der Waals surface area contributed by atoms with Gasteiger partial charge in [-0.3, -0.25) is 4.99 Å². The van der Waals surface area contributed by atoms with Gasteiger partial charge in [-0.1, -0.05) is 24.3 Å². The Hall–Kier alpha value is -1.70. The van der Waals surface area contributed by atoms with Gasteiger partial charge < -0.3 is 10.6 Å². The van der Waals surface area contributed by atoms with Crippen LogP contribution >= 0.6 is 24.0 Å². The first-order chi connectivity index (χ1) is 13.0. The van der Waals surface area contributed by atoms with Crippen molar-refractivity contribution in [3.05, 3.63) is 59.2 Å². The van der Waals surface area contributed by atoms with Crippen molar-refractivity contribution in [2.45, 2.75) is 29.8 Å². The Bertz CT molecular complexity index is 1100. The standard InChI is InChI=1S/C18H24N4O4S2.HI/c1-13-9-15(7-8-17(13)27(3,23)24)12-22-18(20-2)21-11-14-5-4-6-16(10-14)28(19,25)26;/h4-10H,11-12H2,1-3H3,(H2,19,25,26)(H2,20,21,22);1H. The lowest BCUT2D eigenvalue weighted by molar-refractivity contribution is 0.597. The number of aryl methyl sites for hydroxylation is 1. The number of sulfonamides is 1. The normalized spacial score (nSPS) is 12.2. The summed E-state index contributed by atoms with van der Waals surface area (Å²) in [5, 5.41) is 11.4. The van der Waals surface area contributed by atoms with Gasteiger partial charge >= 0.3 is 0 Å². The SMILES string of the molecule is CN=C(NCc1cccc(S(N)(=O)=O)c1)NCc1ccc(S(C)(=O)=O)c(C)c1.I. The van der Waals surface area contributed by atoms with E-state index < -0.39 is 19.9 Å². The average molecular weight is 552 g/mol. The van der Waals surface area contributed by atoms with Crippen LogP contribution < -0.4 is 15.8 Å². The van der Waals surface area contributed by atoms with Gasteiger partial charge in [0.05, 0.1) is 9.79 Å². The molecular formula is C18H25IN4O4S2. The molecule has 0 aliphatic carbocycles. The van der Waals surface area contributed by atoms with E-state index in [-0.39, 0.29) is 28.9 Å². The Morgan fingerprint density at radius 1 is 1.00 bits per heavy atom. The Morgan fingerprint density at radius 3 is 2.07 bits per heavy atom.